The van der Waals surface area contributed by atoms with Crippen LogP contribution in [0.2, 0.25) is 0 Å². The van der Waals surface area contributed by atoms with Crippen molar-refractivity contribution in [1.29, 1.82) is 0 Å². The second kappa shape index (κ2) is 5.88. The van der Waals surface area contributed by atoms with Crippen molar-refractivity contribution in [2.24, 2.45) is 0 Å². The van der Waals surface area contributed by atoms with E-state index in [2.05, 4.69) is 0 Å². The maximum atomic E-state index is 13.7. The van der Waals surface area contributed by atoms with E-state index in [1.807, 2.05) is 0 Å². The minimum Gasteiger partial charge on any atom is -0.493 e. The summed E-state index contributed by atoms with van der Waals surface area (Å²) in [6.45, 7) is 0. The van der Waals surface area contributed by atoms with Gasteiger partial charge in [0.05, 0.1) is 14.2 Å². The van der Waals surface area contributed by atoms with Crippen molar-refractivity contribution in [2.75, 3.05) is 14.2 Å². The molecule has 1 N–H and O–H groups in total. The quantitative estimate of drug-likeness (QED) is 0.935. The van der Waals surface area contributed by atoms with Gasteiger partial charge in [-0.15, -0.1) is 0 Å². The molecule has 1 atom stereocenters. The predicted molar refractivity (Wildman–Crippen MR) is 70.0 cm³/mol. The van der Waals surface area contributed by atoms with Crippen LogP contribution in [-0.2, 0) is 0 Å². The lowest BCUT2D eigenvalue weighted by atomic mass is 10.0. The average Bonchev–Trinajstić information content (AvgIpc) is 2.45. The normalized spacial score (nSPS) is 12.1. The van der Waals surface area contributed by atoms with E-state index in [-0.39, 0.29) is 5.56 Å². The van der Waals surface area contributed by atoms with Crippen LogP contribution in [0.25, 0.3) is 0 Å². The molecule has 0 bridgehead atoms. The van der Waals surface area contributed by atoms with E-state index in [1.165, 1.54) is 20.3 Å². The molecule has 0 fully saturated rings. The van der Waals surface area contributed by atoms with Gasteiger partial charge in [0, 0.05) is 11.6 Å². The van der Waals surface area contributed by atoms with Crippen LogP contribution in [0.1, 0.15) is 17.2 Å². The van der Waals surface area contributed by atoms with Crippen LogP contribution in [0.5, 0.6) is 11.5 Å². The molecule has 2 aromatic rings. The van der Waals surface area contributed by atoms with Crippen LogP contribution >= 0.6 is 0 Å². The third kappa shape index (κ3) is 2.72. The highest BCUT2D eigenvalue weighted by atomic mass is 19.1. The van der Waals surface area contributed by atoms with E-state index in [4.69, 9.17) is 9.47 Å². The SMILES string of the molecule is COc1ccc(C(O)c2ccc(F)cc2F)cc1OC. The highest BCUT2D eigenvalue weighted by Crippen LogP contribution is 2.32. The molecule has 0 saturated carbocycles. The van der Waals surface area contributed by atoms with Crippen molar-refractivity contribution in [2.45, 2.75) is 6.10 Å². The van der Waals surface area contributed by atoms with Crippen LogP contribution in [-0.4, -0.2) is 19.3 Å². The molecule has 0 saturated heterocycles. The molecule has 0 aliphatic rings. The van der Waals surface area contributed by atoms with Gasteiger partial charge in [-0.3, -0.25) is 0 Å². The fourth-order valence-electron chi connectivity index (χ4n) is 1.93. The second-order valence-electron chi connectivity index (χ2n) is 4.18. The zero-order valence-corrected chi connectivity index (χ0v) is 11.1. The molecule has 106 valence electrons. The van der Waals surface area contributed by atoms with Crippen molar-refractivity contribution in [1.82, 2.24) is 0 Å². The Morgan fingerprint density at radius 2 is 1.65 bits per heavy atom. The van der Waals surface area contributed by atoms with Gasteiger partial charge in [0.2, 0.25) is 0 Å². The Hall–Kier alpha value is -2.14. The fraction of sp³-hybridized carbons (Fsp3) is 0.200. The van der Waals surface area contributed by atoms with Crippen LogP contribution < -0.4 is 9.47 Å². The van der Waals surface area contributed by atoms with E-state index in [1.54, 1.807) is 18.2 Å². The molecule has 3 nitrogen and oxygen atoms in total. The van der Waals surface area contributed by atoms with Crippen molar-refractivity contribution in [3.63, 3.8) is 0 Å². The zero-order valence-electron chi connectivity index (χ0n) is 11.1. The predicted octanol–water partition coefficient (Wildman–Crippen LogP) is 3.06. The van der Waals surface area contributed by atoms with Crippen molar-refractivity contribution in [3.05, 3.63) is 59.2 Å². The molecular weight excluding hydrogens is 266 g/mol. The Morgan fingerprint density at radius 3 is 2.25 bits per heavy atom. The first kappa shape index (κ1) is 14.3. The first-order chi connectivity index (χ1) is 9.56. The Balaban J connectivity index is 2.40. The highest BCUT2D eigenvalue weighted by molar-refractivity contribution is 5.45. The maximum absolute atomic E-state index is 13.7. The van der Waals surface area contributed by atoms with Gasteiger partial charge in [-0.1, -0.05) is 12.1 Å². The molecule has 5 heteroatoms. The lowest BCUT2D eigenvalue weighted by molar-refractivity contribution is 0.214. The lowest BCUT2D eigenvalue weighted by Crippen LogP contribution is -2.04. The minimum atomic E-state index is -1.21. The van der Waals surface area contributed by atoms with E-state index in [9.17, 15) is 13.9 Å². The molecule has 0 aliphatic carbocycles. The fourth-order valence-corrected chi connectivity index (χ4v) is 1.93. The Kier molecular flexibility index (Phi) is 4.20. The van der Waals surface area contributed by atoms with Gasteiger partial charge in [0.15, 0.2) is 11.5 Å². The van der Waals surface area contributed by atoms with E-state index < -0.39 is 17.7 Å². The number of aliphatic hydroxyl groups excluding tert-OH is 1. The zero-order chi connectivity index (χ0) is 14.7. The standard InChI is InChI=1S/C15H14F2O3/c1-19-13-6-3-9(7-14(13)20-2)15(18)11-5-4-10(16)8-12(11)17/h3-8,15,18H,1-2H3. The number of methoxy groups -OCH3 is 2. The summed E-state index contributed by atoms with van der Waals surface area (Å²) in [6.07, 6.45) is -1.21. The largest absolute Gasteiger partial charge is 0.493 e. The van der Waals surface area contributed by atoms with Crippen LogP contribution in [0, 0.1) is 11.6 Å². The average molecular weight is 280 g/mol. The number of hydrogen-bond acceptors (Lipinski definition) is 3. The molecule has 0 heterocycles. The Bertz CT molecular complexity index is 614. The van der Waals surface area contributed by atoms with E-state index >= 15 is 0 Å². The van der Waals surface area contributed by atoms with E-state index in [0.29, 0.717) is 17.1 Å². The first-order valence-electron chi connectivity index (χ1n) is 5.91. The molecule has 0 radical (unpaired) electrons. The lowest BCUT2D eigenvalue weighted by Gasteiger charge is -2.15. The van der Waals surface area contributed by atoms with Gasteiger partial charge in [0.1, 0.15) is 17.7 Å². The summed E-state index contributed by atoms with van der Waals surface area (Å²) in [5, 5.41) is 10.2. The summed E-state index contributed by atoms with van der Waals surface area (Å²) < 4.78 is 36.7. The molecular formula is C15H14F2O3. The molecule has 2 rings (SSSR count). The molecule has 0 amide bonds. The van der Waals surface area contributed by atoms with Crippen LogP contribution in [0.4, 0.5) is 8.78 Å². The summed E-state index contributed by atoms with van der Waals surface area (Å²) in [5.74, 6) is -0.562. The van der Waals surface area contributed by atoms with Crippen molar-refractivity contribution >= 4 is 0 Å². The second-order valence-corrected chi connectivity index (χ2v) is 4.18. The summed E-state index contributed by atoms with van der Waals surface area (Å²) in [6, 6.07) is 7.80. The topological polar surface area (TPSA) is 38.7 Å². The third-order valence-corrected chi connectivity index (χ3v) is 2.98. The number of hydrogen-bond donors (Lipinski definition) is 1. The molecule has 0 aromatic heterocycles. The van der Waals surface area contributed by atoms with Crippen molar-refractivity contribution < 1.29 is 23.4 Å². The van der Waals surface area contributed by atoms with Gasteiger partial charge in [-0.05, 0) is 23.8 Å². The number of halogens is 2. The maximum Gasteiger partial charge on any atom is 0.161 e. The molecule has 0 spiro atoms. The number of rotatable bonds is 4. The molecule has 1 unspecified atom stereocenters. The van der Waals surface area contributed by atoms with Gasteiger partial charge < -0.3 is 14.6 Å². The van der Waals surface area contributed by atoms with Gasteiger partial charge in [0.25, 0.3) is 0 Å². The smallest absolute Gasteiger partial charge is 0.161 e. The van der Waals surface area contributed by atoms with E-state index in [0.717, 1.165) is 12.1 Å². The van der Waals surface area contributed by atoms with Crippen LogP contribution in [0.15, 0.2) is 36.4 Å². The van der Waals surface area contributed by atoms with Crippen LogP contribution in [0.3, 0.4) is 0 Å². The molecule has 20 heavy (non-hydrogen) atoms. The summed E-state index contributed by atoms with van der Waals surface area (Å²) in [4.78, 5) is 0. The molecule has 0 aliphatic heterocycles. The number of aliphatic hydroxyl groups is 1. The van der Waals surface area contributed by atoms with Gasteiger partial charge >= 0.3 is 0 Å². The Labute approximate surface area is 115 Å². The summed E-state index contributed by atoms with van der Waals surface area (Å²) >= 11 is 0. The minimum absolute atomic E-state index is 0.00128. The van der Waals surface area contributed by atoms with Crippen molar-refractivity contribution in [3.8, 4) is 11.5 Å². The third-order valence-electron chi connectivity index (χ3n) is 2.98. The van der Waals surface area contributed by atoms with Gasteiger partial charge in [-0.2, -0.15) is 0 Å². The number of benzene rings is 2. The Morgan fingerprint density at radius 1 is 0.950 bits per heavy atom. The highest BCUT2D eigenvalue weighted by Gasteiger charge is 2.17. The summed E-state index contributed by atoms with van der Waals surface area (Å²) in [7, 11) is 2.96. The number of ether oxygens (including phenoxy) is 2. The molecule has 2 aromatic carbocycles. The van der Waals surface area contributed by atoms with Gasteiger partial charge in [-0.25, -0.2) is 8.78 Å². The first-order valence-corrected chi connectivity index (χ1v) is 5.91. The summed E-state index contributed by atoms with van der Waals surface area (Å²) in [5.41, 5.74) is 0.423. The monoisotopic (exact) mass is 280 g/mol.